The van der Waals surface area contributed by atoms with Crippen LogP contribution >= 0.6 is 23.6 Å². The van der Waals surface area contributed by atoms with Crippen molar-refractivity contribution < 1.29 is 4.79 Å². The Kier molecular flexibility index (Phi) is 5.51. The molecule has 0 radical (unpaired) electrons. The molecule has 4 nitrogen and oxygen atoms in total. The molecule has 20 heavy (non-hydrogen) atoms. The van der Waals surface area contributed by atoms with E-state index in [9.17, 15) is 4.79 Å². The quantitative estimate of drug-likeness (QED) is 0.811. The van der Waals surface area contributed by atoms with E-state index in [4.69, 9.17) is 18.0 Å². The van der Waals surface area contributed by atoms with Crippen LogP contribution in [0.1, 0.15) is 23.3 Å². The van der Waals surface area contributed by atoms with E-state index in [1.54, 1.807) is 4.90 Å². The van der Waals surface area contributed by atoms with Crippen molar-refractivity contribution in [1.29, 1.82) is 0 Å². The number of amides is 1. The van der Waals surface area contributed by atoms with Gasteiger partial charge in [0.2, 0.25) is 5.91 Å². The molecule has 0 bridgehead atoms. The van der Waals surface area contributed by atoms with Gasteiger partial charge in [0.15, 0.2) is 0 Å². The van der Waals surface area contributed by atoms with E-state index in [1.807, 2.05) is 18.4 Å². The third-order valence-electron chi connectivity index (χ3n) is 3.65. The molecule has 110 valence electrons. The fourth-order valence-electron chi connectivity index (χ4n) is 2.34. The van der Waals surface area contributed by atoms with Crippen LogP contribution in [0.4, 0.5) is 0 Å². The fourth-order valence-corrected chi connectivity index (χ4v) is 3.33. The molecule has 1 amide bonds. The Morgan fingerprint density at radius 2 is 2.35 bits per heavy atom. The summed E-state index contributed by atoms with van der Waals surface area (Å²) in [6.07, 6.45) is 2.27. The number of nitrogens with zero attached hydrogens (tertiary/aromatic N) is 2. The highest BCUT2D eigenvalue weighted by atomic mass is 32.1. The molecule has 1 aromatic heterocycles. The number of hydrogen-bond acceptors (Lipinski definition) is 4. The Hall–Kier alpha value is -0.980. The van der Waals surface area contributed by atoms with E-state index in [0.29, 0.717) is 24.4 Å². The first kappa shape index (κ1) is 15.4. The van der Waals surface area contributed by atoms with E-state index in [-0.39, 0.29) is 5.91 Å². The number of rotatable bonds is 6. The highest BCUT2D eigenvalue weighted by Crippen LogP contribution is 2.23. The lowest BCUT2D eigenvalue weighted by Gasteiger charge is -2.27. The molecular formula is C14H21N3OS2. The molecule has 0 atom stereocenters. The smallest absolute Gasteiger partial charge is 0.223 e. The van der Waals surface area contributed by atoms with Crippen LogP contribution in [0.3, 0.4) is 0 Å². The zero-order valence-corrected chi connectivity index (χ0v) is 13.4. The summed E-state index contributed by atoms with van der Waals surface area (Å²) in [7, 11) is 1.81. The van der Waals surface area contributed by atoms with Crippen LogP contribution in [0.25, 0.3) is 0 Å². The van der Waals surface area contributed by atoms with Gasteiger partial charge < -0.3 is 10.6 Å². The lowest BCUT2D eigenvalue weighted by molar-refractivity contribution is -0.130. The number of carbonyl (C=O) groups is 1. The number of carbonyl (C=O) groups excluding carboxylic acids is 1. The van der Waals surface area contributed by atoms with Crippen molar-refractivity contribution in [3.63, 3.8) is 0 Å². The van der Waals surface area contributed by atoms with Crippen molar-refractivity contribution >= 4 is 34.5 Å². The van der Waals surface area contributed by atoms with Gasteiger partial charge in [-0.1, -0.05) is 12.2 Å². The third kappa shape index (κ3) is 4.26. The second-order valence-corrected chi connectivity index (χ2v) is 6.70. The molecule has 0 fully saturated rings. The molecule has 1 aliphatic rings. The molecule has 6 heteroatoms. The number of thiophene rings is 1. The van der Waals surface area contributed by atoms with Crippen molar-refractivity contribution in [2.24, 2.45) is 5.73 Å². The molecule has 0 unspecified atom stereocenters. The van der Waals surface area contributed by atoms with Crippen molar-refractivity contribution in [2.45, 2.75) is 25.8 Å². The van der Waals surface area contributed by atoms with Gasteiger partial charge in [0.1, 0.15) is 0 Å². The summed E-state index contributed by atoms with van der Waals surface area (Å²) >= 11 is 6.67. The summed E-state index contributed by atoms with van der Waals surface area (Å²) < 4.78 is 0. The van der Waals surface area contributed by atoms with Gasteiger partial charge in [-0.05, 0) is 23.4 Å². The summed E-state index contributed by atoms with van der Waals surface area (Å²) in [6, 6.07) is 2.20. The zero-order chi connectivity index (χ0) is 14.5. The number of thiocarbonyl (C=S) groups is 1. The van der Waals surface area contributed by atoms with Gasteiger partial charge >= 0.3 is 0 Å². The summed E-state index contributed by atoms with van der Waals surface area (Å²) in [5.41, 5.74) is 6.88. The van der Waals surface area contributed by atoms with Crippen LogP contribution in [-0.2, 0) is 17.8 Å². The molecule has 0 spiro atoms. The van der Waals surface area contributed by atoms with E-state index in [1.165, 1.54) is 10.4 Å². The lowest BCUT2D eigenvalue weighted by atomic mass is 10.1. The second-order valence-electron chi connectivity index (χ2n) is 5.18. The van der Waals surface area contributed by atoms with Crippen LogP contribution in [0.15, 0.2) is 11.4 Å². The van der Waals surface area contributed by atoms with Gasteiger partial charge in [0.25, 0.3) is 0 Å². The van der Waals surface area contributed by atoms with Crippen molar-refractivity contribution in [1.82, 2.24) is 9.80 Å². The Morgan fingerprint density at radius 3 is 3.10 bits per heavy atom. The maximum absolute atomic E-state index is 12.0. The molecule has 2 rings (SSSR count). The molecule has 2 heterocycles. The van der Waals surface area contributed by atoms with Crippen molar-refractivity contribution in [2.75, 3.05) is 26.7 Å². The lowest BCUT2D eigenvalue weighted by Crippen LogP contribution is -2.35. The molecule has 0 saturated heterocycles. The van der Waals surface area contributed by atoms with E-state index in [2.05, 4.69) is 16.3 Å². The summed E-state index contributed by atoms with van der Waals surface area (Å²) in [6.45, 7) is 3.47. The zero-order valence-electron chi connectivity index (χ0n) is 11.8. The topological polar surface area (TPSA) is 49.6 Å². The monoisotopic (exact) mass is 311 g/mol. The standard InChI is InChI=1S/C14H21N3OS2/c1-16(6-3-13(15)19)14(18)4-8-17-7-2-12-11(10-17)5-9-20-12/h5,9H,2-4,6-8,10H2,1H3,(H2,15,19). The molecule has 0 aliphatic carbocycles. The van der Waals surface area contributed by atoms with E-state index in [0.717, 1.165) is 26.1 Å². The average molecular weight is 311 g/mol. The molecule has 0 saturated carbocycles. The third-order valence-corrected chi connectivity index (χ3v) is 4.88. The summed E-state index contributed by atoms with van der Waals surface area (Å²) in [5.74, 6) is 0.164. The first-order chi connectivity index (χ1) is 9.56. The van der Waals surface area contributed by atoms with E-state index < -0.39 is 0 Å². The van der Waals surface area contributed by atoms with Crippen LogP contribution in [-0.4, -0.2) is 47.4 Å². The van der Waals surface area contributed by atoms with Gasteiger partial charge in [-0.3, -0.25) is 9.69 Å². The number of fused-ring (bicyclic) bond motifs is 1. The van der Waals surface area contributed by atoms with Crippen LogP contribution in [0.2, 0.25) is 0 Å². The van der Waals surface area contributed by atoms with Crippen LogP contribution in [0, 0.1) is 0 Å². The molecule has 2 N–H and O–H groups in total. The fraction of sp³-hybridized carbons (Fsp3) is 0.571. The van der Waals surface area contributed by atoms with Crippen molar-refractivity contribution in [3.05, 3.63) is 21.9 Å². The normalized spacial score (nSPS) is 14.8. The molecule has 1 aromatic rings. The van der Waals surface area contributed by atoms with Gasteiger partial charge in [0.05, 0.1) is 4.99 Å². The SMILES string of the molecule is CN(CCC(N)=S)C(=O)CCN1CCc2sccc2C1. The Balaban J connectivity index is 1.73. The van der Waals surface area contributed by atoms with Gasteiger partial charge in [-0.25, -0.2) is 0 Å². The number of nitrogens with two attached hydrogens (primary N) is 1. The van der Waals surface area contributed by atoms with Crippen LogP contribution in [0.5, 0.6) is 0 Å². The Labute approximate surface area is 129 Å². The molecular weight excluding hydrogens is 290 g/mol. The van der Waals surface area contributed by atoms with Crippen molar-refractivity contribution in [3.8, 4) is 0 Å². The largest absolute Gasteiger partial charge is 0.393 e. The number of hydrogen-bond donors (Lipinski definition) is 1. The minimum absolute atomic E-state index is 0.164. The second kappa shape index (κ2) is 7.15. The Morgan fingerprint density at radius 1 is 1.55 bits per heavy atom. The predicted molar refractivity (Wildman–Crippen MR) is 87.0 cm³/mol. The maximum atomic E-state index is 12.0. The molecule has 1 aliphatic heterocycles. The maximum Gasteiger partial charge on any atom is 0.223 e. The van der Waals surface area contributed by atoms with E-state index >= 15 is 0 Å². The van der Waals surface area contributed by atoms with Gasteiger partial charge in [-0.15, -0.1) is 11.3 Å². The molecule has 0 aromatic carbocycles. The van der Waals surface area contributed by atoms with Gasteiger partial charge in [0, 0.05) is 50.9 Å². The predicted octanol–water partition coefficient (Wildman–Crippen LogP) is 1.63. The minimum atomic E-state index is 0.164. The summed E-state index contributed by atoms with van der Waals surface area (Å²) in [5, 5.41) is 2.16. The first-order valence-electron chi connectivity index (χ1n) is 6.86. The van der Waals surface area contributed by atoms with Crippen LogP contribution < -0.4 is 5.73 Å². The Bertz CT molecular complexity index is 487. The average Bonchev–Trinajstić information content (AvgIpc) is 2.89. The first-order valence-corrected chi connectivity index (χ1v) is 8.15. The minimum Gasteiger partial charge on any atom is -0.393 e. The highest BCUT2D eigenvalue weighted by Gasteiger charge is 2.18. The van der Waals surface area contributed by atoms with Gasteiger partial charge in [-0.2, -0.15) is 0 Å². The highest BCUT2D eigenvalue weighted by molar-refractivity contribution is 7.80. The summed E-state index contributed by atoms with van der Waals surface area (Å²) in [4.78, 5) is 18.1.